The van der Waals surface area contributed by atoms with E-state index in [2.05, 4.69) is 46.8 Å². The Morgan fingerprint density at radius 2 is 1.89 bits per heavy atom. The molecular formula is C21H23N3O2S. The van der Waals surface area contributed by atoms with Crippen LogP contribution in [-0.2, 0) is 13.0 Å². The van der Waals surface area contributed by atoms with Crippen molar-refractivity contribution in [1.82, 2.24) is 15.6 Å². The lowest BCUT2D eigenvalue weighted by atomic mass is 10.2. The van der Waals surface area contributed by atoms with Crippen molar-refractivity contribution < 1.29 is 9.53 Å². The number of urea groups is 1. The number of hydrogen-bond donors (Lipinski definition) is 2. The standard InChI is InChI=1S/C21H23N3O2S/c1-15-7-9-16(10-8-15)20-24-18(14-27-20)11-12-22-21(25)23-13-17-5-3-4-6-19(17)26-2/h3-10,14H,11-13H2,1-2H3,(H2,22,23,25). The predicted molar refractivity (Wildman–Crippen MR) is 109 cm³/mol. The first-order valence-electron chi connectivity index (χ1n) is 8.81. The number of methoxy groups -OCH3 is 1. The average molecular weight is 382 g/mol. The van der Waals surface area contributed by atoms with Crippen LogP contribution < -0.4 is 15.4 Å². The Morgan fingerprint density at radius 1 is 1.11 bits per heavy atom. The number of nitrogens with one attached hydrogen (secondary N) is 2. The molecule has 0 fully saturated rings. The van der Waals surface area contributed by atoms with E-state index in [1.807, 2.05) is 29.6 Å². The fraction of sp³-hybridized carbons (Fsp3) is 0.238. The topological polar surface area (TPSA) is 63.2 Å². The highest BCUT2D eigenvalue weighted by Crippen LogP contribution is 2.24. The van der Waals surface area contributed by atoms with E-state index >= 15 is 0 Å². The maximum absolute atomic E-state index is 12.0. The molecule has 2 N–H and O–H groups in total. The molecule has 0 aliphatic rings. The van der Waals surface area contributed by atoms with Crippen LogP contribution in [-0.4, -0.2) is 24.7 Å². The van der Waals surface area contributed by atoms with Gasteiger partial charge in [-0.3, -0.25) is 0 Å². The maximum atomic E-state index is 12.0. The number of hydrogen-bond acceptors (Lipinski definition) is 4. The monoisotopic (exact) mass is 381 g/mol. The van der Waals surface area contributed by atoms with Gasteiger partial charge in [-0.25, -0.2) is 9.78 Å². The van der Waals surface area contributed by atoms with Crippen LogP contribution in [0.4, 0.5) is 4.79 Å². The van der Waals surface area contributed by atoms with Gasteiger partial charge in [0.05, 0.1) is 12.8 Å². The van der Waals surface area contributed by atoms with E-state index in [1.165, 1.54) is 5.56 Å². The molecule has 0 bridgehead atoms. The number of para-hydroxylation sites is 1. The van der Waals surface area contributed by atoms with E-state index in [4.69, 9.17) is 4.74 Å². The van der Waals surface area contributed by atoms with Crippen LogP contribution in [0.3, 0.4) is 0 Å². The molecule has 5 nitrogen and oxygen atoms in total. The average Bonchev–Trinajstić information content (AvgIpc) is 3.16. The summed E-state index contributed by atoms with van der Waals surface area (Å²) in [6.07, 6.45) is 0.699. The molecule has 27 heavy (non-hydrogen) atoms. The van der Waals surface area contributed by atoms with Gasteiger partial charge in [0.25, 0.3) is 0 Å². The lowest BCUT2D eigenvalue weighted by Gasteiger charge is -2.10. The van der Waals surface area contributed by atoms with Gasteiger partial charge in [-0.05, 0) is 13.0 Å². The lowest BCUT2D eigenvalue weighted by molar-refractivity contribution is 0.240. The first-order valence-corrected chi connectivity index (χ1v) is 9.68. The Balaban J connectivity index is 1.44. The summed E-state index contributed by atoms with van der Waals surface area (Å²) in [5.41, 5.74) is 4.29. The number of ether oxygens (including phenoxy) is 1. The summed E-state index contributed by atoms with van der Waals surface area (Å²) in [6, 6.07) is 15.8. The zero-order valence-electron chi connectivity index (χ0n) is 15.5. The van der Waals surface area contributed by atoms with Crippen LogP contribution in [0.25, 0.3) is 10.6 Å². The number of amides is 2. The Bertz CT molecular complexity index is 890. The van der Waals surface area contributed by atoms with Gasteiger partial charge >= 0.3 is 6.03 Å². The van der Waals surface area contributed by atoms with Gasteiger partial charge in [0.2, 0.25) is 0 Å². The Morgan fingerprint density at radius 3 is 2.67 bits per heavy atom. The lowest BCUT2D eigenvalue weighted by Crippen LogP contribution is -2.36. The summed E-state index contributed by atoms with van der Waals surface area (Å²) in [5.74, 6) is 0.768. The minimum Gasteiger partial charge on any atom is -0.496 e. The summed E-state index contributed by atoms with van der Waals surface area (Å²) in [7, 11) is 1.62. The second kappa shape index (κ2) is 9.19. The van der Waals surface area contributed by atoms with Crippen molar-refractivity contribution in [2.24, 2.45) is 0 Å². The zero-order valence-corrected chi connectivity index (χ0v) is 16.3. The van der Waals surface area contributed by atoms with Gasteiger partial charge in [0.1, 0.15) is 10.8 Å². The Hall–Kier alpha value is -2.86. The molecule has 0 saturated heterocycles. The molecule has 0 radical (unpaired) electrons. The molecule has 3 rings (SSSR count). The quantitative estimate of drug-likeness (QED) is 0.646. The van der Waals surface area contributed by atoms with E-state index in [1.54, 1.807) is 18.4 Å². The first kappa shape index (κ1) is 18.9. The van der Waals surface area contributed by atoms with Crippen molar-refractivity contribution in [3.63, 3.8) is 0 Å². The molecule has 1 aromatic heterocycles. The second-order valence-corrected chi connectivity index (χ2v) is 7.04. The molecule has 6 heteroatoms. The number of aromatic nitrogens is 1. The molecule has 2 aromatic carbocycles. The van der Waals surface area contributed by atoms with Crippen molar-refractivity contribution in [3.05, 3.63) is 70.7 Å². The number of benzene rings is 2. The number of thiazole rings is 1. The minimum atomic E-state index is -0.199. The molecule has 0 aliphatic carbocycles. The number of carbonyl (C=O) groups excluding carboxylic acids is 1. The molecule has 2 amide bonds. The van der Waals surface area contributed by atoms with Crippen LogP contribution >= 0.6 is 11.3 Å². The van der Waals surface area contributed by atoms with E-state index < -0.39 is 0 Å². The van der Waals surface area contributed by atoms with Crippen molar-refractivity contribution in [2.75, 3.05) is 13.7 Å². The highest BCUT2D eigenvalue weighted by Gasteiger charge is 2.07. The van der Waals surface area contributed by atoms with Crippen molar-refractivity contribution in [3.8, 4) is 16.3 Å². The largest absolute Gasteiger partial charge is 0.496 e. The second-order valence-electron chi connectivity index (χ2n) is 6.18. The third-order valence-electron chi connectivity index (χ3n) is 4.15. The van der Waals surface area contributed by atoms with E-state index in [0.717, 1.165) is 27.6 Å². The van der Waals surface area contributed by atoms with Crippen LogP contribution in [0.15, 0.2) is 53.9 Å². The molecule has 0 spiro atoms. The Kier molecular flexibility index (Phi) is 6.44. The van der Waals surface area contributed by atoms with Gasteiger partial charge in [0, 0.05) is 36.0 Å². The molecular weight excluding hydrogens is 358 g/mol. The number of nitrogens with zero attached hydrogens (tertiary/aromatic N) is 1. The van der Waals surface area contributed by atoms with Gasteiger partial charge in [-0.2, -0.15) is 0 Å². The first-order chi connectivity index (χ1) is 13.2. The van der Waals surface area contributed by atoms with Crippen LogP contribution in [0.1, 0.15) is 16.8 Å². The summed E-state index contributed by atoms with van der Waals surface area (Å²) < 4.78 is 5.28. The van der Waals surface area contributed by atoms with E-state index in [9.17, 15) is 4.79 Å². The summed E-state index contributed by atoms with van der Waals surface area (Å²) in [4.78, 5) is 16.6. The van der Waals surface area contributed by atoms with Crippen LogP contribution in [0, 0.1) is 6.92 Å². The molecule has 3 aromatic rings. The molecule has 0 atom stereocenters. The van der Waals surface area contributed by atoms with E-state index in [-0.39, 0.29) is 6.03 Å². The number of rotatable bonds is 7. The zero-order chi connectivity index (χ0) is 19.1. The summed E-state index contributed by atoms with van der Waals surface area (Å²) >= 11 is 1.63. The van der Waals surface area contributed by atoms with Crippen molar-refractivity contribution in [2.45, 2.75) is 19.9 Å². The predicted octanol–water partition coefficient (Wildman–Crippen LogP) is 4.17. The highest BCUT2D eigenvalue weighted by atomic mass is 32.1. The minimum absolute atomic E-state index is 0.199. The van der Waals surface area contributed by atoms with Crippen LogP contribution in [0.5, 0.6) is 5.75 Å². The highest BCUT2D eigenvalue weighted by molar-refractivity contribution is 7.13. The number of aryl methyl sites for hydroxylation is 1. The fourth-order valence-corrected chi connectivity index (χ4v) is 3.50. The van der Waals surface area contributed by atoms with Gasteiger partial charge in [-0.1, -0.05) is 48.0 Å². The Labute approximate surface area is 163 Å². The molecule has 1 heterocycles. The fourth-order valence-electron chi connectivity index (χ4n) is 2.64. The van der Waals surface area contributed by atoms with Crippen LogP contribution in [0.2, 0.25) is 0 Å². The normalized spacial score (nSPS) is 10.4. The smallest absolute Gasteiger partial charge is 0.315 e. The summed E-state index contributed by atoms with van der Waals surface area (Å²) in [5, 5.41) is 8.77. The van der Waals surface area contributed by atoms with E-state index in [0.29, 0.717) is 19.5 Å². The molecule has 0 unspecified atom stereocenters. The third-order valence-corrected chi connectivity index (χ3v) is 5.09. The number of carbonyl (C=O) groups is 1. The molecule has 0 saturated carbocycles. The van der Waals surface area contributed by atoms with Gasteiger partial charge in [-0.15, -0.1) is 11.3 Å². The van der Waals surface area contributed by atoms with Gasteiger partial charge < -0.3 is 15.4 Å². The molecule has 0 aliphatic heterocycles. The molecule has 140 valence electrons. The summed E-state index contributed by atoms with van der Waals surface area (Å²) in [6.45, 7) is 3.03. The third kappa shape index (κ3) is 5.31. The maximum Gasteiger partial charge on any atom is 0.315 e. The SMILES string of the molecule is COc1ccccc1CNC(=O)NCCc1csc(-c2ccc(C)cc2)n1. The van der Waals surface area contributed by atoms with Crippen molar-refractivity contribution in [1.29, 1.82) is 0 Å². The van der Waals surface area contributed by atoms with Crippen molar-refractivity contribution >= 4 is 17.4 Å². The van der Waals surface area contributed by atoms with Gasteiger partial charge in [0.15, 0.2) is 0 Å².